The molecule has 78 valence electrons. The van der Waals surface area contributed by atoms with Crippen molar-refractivity contribution < 1.29 is 9.90 Å². The van der Waals surface area contributed by atoms with E-state index in [1.165, 1.54) is 6.92 Å². The van der Waals surface area contributed by atoms with Crippen LogP contribution in [-0.4, -0.2) is 22.5 Å². The highest BCUT2D eigenvalue weighted by atomic mass is 16.3. The molecule has 0 spiro atoms. The zero-order valence-electron chi connectivity index (χ0n) is 8.84. The molecule has 0 aromatic heterocycles. The van der Waals surface area contributed by atoms with E-state index >= 15 is 0 Å². The van der Waals surface area contributed by atoms with Crippen molar-refractivity contribution in [2.24, 2.45) is 5.73 Å². The average molecular weight is 187 g/mol. The van der Waals surface area contributed by atoms with E-state index in [-0.39, 0.29) is 11.8 Å². The maximum atomic E-state index is 11.0. The van der Waals surface area contributed by atoms with Crippen LogP contribution in [0.4, 0.5) is 0 Å². The molecule has 0 radical (unpaired) electrons. The summed E-state index contributed by atoms with van der Waals surface area (Å²) in [5.74, 6) is -0.190. The van der Waals surface area contributed by atoms with Gasteiger partial charge in [-0.15, -0.1) is 0 Å². The van der Waals surface area contributed by atoms with E-state index in [2.05, 4.69) is 0 Å². The van der Waals surface area contributed by atoms with Gasteiger partial charge in [0.15, 0.2) is 5.78 Å². The van der Waals surface area contributed by atoms with Gasteiger partial charge in [-0.2, -0.15) is 0 Å². The smallest absolute Gasteiger partial charge is 0.162 e. The molecule has 0 aromatic carbocycles. The first-order chi connectivity index (χ1) is 6.07. The minimum absolute atomic E-state index is 0.190. The molecule has 1 fully saturated rings. The van der Waals surface area contributed by atoms with Crippen LogP contribution in [-0.2, 0) is 4.79 Å². The lowest BCUT2D eigenvalue weighted by Crippen LogP contribution is -2.54. The average Bonchev–Trinajstić information content (AvgIpc) is 2.13. The Morgan fingerprint density at radius 3 is 2.31 bits per heavy atom. The number of rotatable bonds is 1. The SMILES string of the molecule is CC.CC(=O)C1(O)CCCCC1N. The van der Waals surface area contributed by atoms with Crippen molar-refractivity contribution in [1.29, 1.82) is 0 Å². The largest absolute Gasteiger partial charge is 0.380 e. The second kappa shape index (κ2) is 5.35. The number of carbonyl (C=O) groups excluding carboxylic acids is 1. The van der Waals surface area contributed by atoms with E-state index in [0.717, 1.165) is 19.3 Å². The molecular formula is C10H21NO2. The normalized spacial score (nSPS) is 33.2. The Labute approximate surface area is 80.3 Å². The van der Waals surface area contributed by atoms with Gasteiger partial charge in [0.25, 0.3) is 0 Å². The van der Waals surface area contributed by atoms with Crippen molar-refractivity contribution in [2.75, 3.05) is 0 Å². The zero-order chi connectivity index (χ0) is 10.5. The summed E-state index contributed by atoms with van der Waals surface area (Å²) in [4.78, 5) is 11.0. The number of Topliss-reactive ketones (excluding diaryl/α,β-unsaturated/α-hetero) is 1. The Kier molecular flexibility index (Phi) is 5.18. The molecule has 0 aliphatic heterocycles. The first-order valence-corrected chi connectivity index (χ1v) is 5.06. The van der Waals surface area contributed by atoms with Crippen LogP contribution in [0.3, 0.4) is 0 Å². The third-order valence-corrected chi connectivity index (χ3v) is 2.55. The van der Waals surface area contributed by atoms with Crippen LogP contribution in [0.5, 0.6) is 0 Å². The van der Waals surface area contributed by atoms with E-state index in [1.54, 1.807) is 0 Å². The third-order valence-electron chi connectivity index (χ3n) is 2.55. The van der Waals surface area contributed by atoms with E-state index in [9.17, 15) is 9.90 Å². The summed E-state index contributed by atoms with van der Waals surface area (Å²) < 4.78 is 0. The summed E-state index contributed by atoms with van der Waals surface area (Å²) in [6.07, 6.45) is 3.22. The highest BCUT2D eigenvalue weighted by Gasteiger charge is 2.40. The van der Waals surface area contributed by atoms with Crippen molar-refractivity contribution in [3.05, 3.63) is 0 Å². The molecule has 0 aromatic rings. The van der Waals surface area contributed by atoms with Crippen molar-refractivity contribution in [3.8, 4) is 0 Å². The standard InChI is InChI=1S/C8H15NO2.C2H6/c1-6(10)8(11)5-3-2-4-7(8)9;1-2/h7,11H,2-5,9H2,1H3;1-2H3. The first kappa shape index (κ1) is 12.6. The summed E-state index contributed by atoms with van der Waals surface area (Å²) >= 11 is 0. The Bertz CT molecular complexity index is 170. The fourth-order valence-electron chi connectivity index (χ4n) is 1.62. The van der Waals surface area contributed by atoms with Gasteiger partial charge in [-0.25, -0.2) is 0 Å². The number of hydrogen-bond acceptors (Lipinski definition) is 3. The van der Waals surface area contributed by atoms with Crippen LogP contribution >= 0.6 is 0 Å². The fourth-order valence-corrected chi connectivity index (χ4v) is 1.62. The Morgan fingerprint density at radius 1 is 1.46 bits per heavy atom. The van der Waals surface area contributed by atoms with Crippen LogP contribution in [0, 0.1) is 0 Å². The van der Waals surface area contributed by atoms with Gasteiger partial charge in [-0.1, -0.05) is 20.3 Å². The summed E-state index contributed by atoms with van der Waals surface area (Å²) in [6.45, 7) is 5.41. The molecule has 1 rings (SSSR count). The molecule has 3 nitrogen and oxygen atoms in total. The van der Waals surface area contributed by atoms with Crippen LogP contribution in [0.25, 0.3) is 0 Å². The molecule has 0 amide bonds. The minimum atomic E-state index is -1.22. The first-order valence-electron chi connectivity index (χ1n) is 5.06. The van der Waals surface area contributed by atoms with Gasteiger partial charge < -0.3 is 10.8 Å². The molecule has 3 N–H and O–H groups in total. The Morgan fingerprint density at radius 2 is 2.00 bits per heavy atom. The number of ketones is 1. The van der Waals surface area contributed by atoms with Gasteiger partial charge in [-0.3, -0.25) is 4.79 Å². The molecule has 2 unspecified atom stereocenters. The fraction of sp³-hybridized carbons (Fsp3) is 0.900. The molecule has 0 saturated heterocycles. The molecular weight excluding hydrogens is 166 g/mol. The molecule has 1 aliphatic carbocycles. The van der Waals surface area contributed by atoms with Crippen LogP contribution in [0.2, 0.25) is 0 Å². The summed E-state index contributed by atoms with van der Waals surface area (Å²) in [7, 11) is 0. The van der Waals surface area contributed by atoms with Crippen molar-refractivity contribution >= 4 is 5.78 Å². The number of nitrogens with two attached hydrogens (primary N) is 1. The van der Waals surface area contributed by atoms with E-state index in [1.807, 2.05) is 13.8 Å². The highest BCUT2D eigenvalue weighted by molar-refractivity contribution is 5.85. The predicted molar refractivity (Wildman–Crippen MR) is 53.4 cm³/mol. The van der Waals surface area contributed by atoms with Crippen molar-refractivity contribution in [1.82, 2.24) is 0 Å². The Balaban J connectivity index is 0.000000671. The maximum Gasteiger partial charge on any atom is 0.162 e. The van der Waals surface area contributed by atoms with Gasteiger partial charge in [0.2, 0.25) is 0 Å². The second-order valence-corrected chi connectivity index (χ2v) is 3.33. The number of carbonyl (C=O) groups is 1. The molecule has 0 bridgehead atoms. The molecule has 1 saturated carbocycles. The Hall–Kier alpha value is -0.410. The molecule has 1 aliphatic rings. The molecule has 3 heteroatoms. The van der Waals surface area contributed by atoms with Crippen LogP contribution < -0.4 is 5.73 Å². The number of aliphatic hydroxyl groups is 1. The predicted octanol–water partition coefficient (Wildman–Crippen LogP) is 1.23. The van der Waals surface area contributed by atoms with Gasteiger partial charge in [0.05, 0.1) is 0 Å². The van der Waals surface area contributed by atoms with E-state index < -0.39 is 5.60 Å². The van der Waals surface area contributed by atoms with Crippen LogP contribution in [0.15, 0.2) is 0 Å². The molecule has 0 heterocycles. The lowest BCUT2D eigenvalue weighted by atomic mass is 9.78. The van der Waals surface area contributed by atoms with Crippen LogP contribution in [0.1, 0.15) is 46.5 Å². The summed E-state index contributed by atoms with van der Waals surface area (Å²) in [6, 6.07) is -0.353. The van der Waals surface area contributed by atoms with Gasteiger partial charge in [-0.05, 0) is 26.2 Å². The molecule has 13 heavy (non-hydrogen) atoms. The third kappa shape index (κ3) is 2.78. The zero-order valence-corrected chi connectivity index (χ0v) is 8.84. The van der Waals surface area contributed by atoms with Crippen molar-refractivity contribution in [3.63, 3.8) is 0 Å². The quantitative estimate of drug-likeness (QED) is 0.649. The van der Waals surface area contributed by atoms with Gasteiger partial charge in [0.1, 0.15) is 5.60 Å². The van der Waals surface area contributed by atoms with Gasteiger partial charge in [0, 0.05) is 6.04 Å². The summed E-state index contributed by atoms with van der Waals surface area (Å²) in [5.41, 5.74) is 4.42. The topological polar surface area (TPSA) is 63.3 Å². The lowest BCUT2D eigenvalue weighted by molar-refractivity contribution is -0.140. The second-order valence-electron chi connectivity index (χ2n) is 3.33. The van der Waals surface area contributed by atoms with E-state index in [0.29, 0.717) is 6.42 Å². The van der Waals surface area contributed by atoms with Crippen molar-refractivity contribution in [2.45, 2.75) is 58.1 Å². The monoisotopic (exact) mass is 187 g/mol. The number of hydrogen-bond donors (Lipinski definition) is 2. The highest BCUT2D eigenvalue weighted by Crippen LogP contribution is 2.27. The maximum absolute atomic E-state index is 11.0. The molecule has 2 atom stereocenters. The lowest BCUT2D eigenvalue weighted by Gasteiger charge is -2.35. The van der Waals surface area contributed by atoms with Gasteiger partial charge >= 0.3 is 0 Å². The van der Waals surface area contributed by atoms with E-state index in [4.69, 9.17) is 5.73 Å². The minimum Gasteiger partial charge on any atom is -0.380 e. The summed E-state index contributed by atoms with van der Waals surface area (Å²) in [5, 5.41) is 9.74.